The number of carbonyl (C=O) groups excluding carboxylic acids is 6. The molecule has 17 heteroatoms. The van der Waals surface area contributed by atoms with Gasteiger partial charge in [0, 0.05) is 31.2 Å². The molecule has 0 aliphatic carbocycles. The fourth-order valence-electron chi connectivity index (χ4n) is 3.06. The molecule has 0 radical (unpaired) electrons. The predicted octanol–water partition coefficient (Wildman–Crippen LogP) is -4.78. The summed E-state index contributed by atoms with van der Waals surface area (Å²) in [6.07, 6.45) is 0.788. The van der Waals surface area contributed by atoms with E-state index in [1.165, 1.54) is 12.5 Å². The molecule has 6 amide bonds. The van der Waals surface area contributed by atoms with E-state index in [1.54, 1.807) is 0 Å². The molecule has 4 atom stereocenters. The summed E-state index contributed by atoms with van der Waals surface area (Å²) in [5.41, 5.74) is 21.2. The van der Waals surface area contributed by atoms with Crippen molar-refractivity contribution < 1.29 is 38.7 Å². The zero-order valence-electron chi connectivity index (χ0n) is 19.8. The smallest absolute Gasteiger partial charge is 0.326 e. The van der Waals surface area contributed by atoms with Crippen molar-refractivity contribution in [3.63, 3.8) is 0 Å². The van der Waals surface area contributed by atoms with Gasteiger partial charge in [-0.2, -0.15) is 0 Å². The highest BCUT2D eigenvalue weighted by atomic mass is 16.4. The van der Waals surface area contributed by atoms with Crippen molar-refractivity contribution >= 4 is 41.4 Å². The minimum absolute atomic E-state index is 0.169. The van der Waals surface area contributed by atoms with Gasteiger partial charge in [-0.25, -0.2) is 9.78 Å². The minimum Gasteiger partial charge on any atom is -0.480 e. The lowest BCUT2D eigenvalue weighted by Gasteiger charge is -2.25. The lowest BCUT2D eigenvalue weighted by atomic mass is 10.1. The monoisotopic (exact) mass is 525 g/mol. The van der Waals surface area contributed by atoms with Gasteiger partial charge in [0.15, 0.2) is 0 Å². The van der Waals surface area contributed by atoms with Gasteiger partial charge in [0.25, 0.3) is 0 Å². The number of carboxylic acids is 1. The molecule has 0 spiro atoms. The number of H-pyrrole nitrogens is 1. The number of nitrogens with two attached hydrogens (primary N) is 4. The van der Waals surface area contributed by atoms with E-state index < -0.39 is 72.0 Å². The maximum absolute atomic E-state index is 13.0. The standard InChI is InChI=1S/C20H31N9O8/c21-10(6-16(24)32)17(33)27-11(1-3-14(22)30)18(34)29-13(5-9-7-25-8-26-9)19(35)28-12(20(36)37)2-4-15(23)31/h7-8,10-13H,1-6,21H2,(H2,22,30)(H2,23,31)(H2,24,32)(H,25,26)(H,27,33)(H,28,35)(H,29,34)(H,36,37). The molecule has 0 aliphatic rings. The van der Waals surface area contributed by atoms with Crippen LogP contribution >= 0.6 is 0 Å². The molecule has 17 nitrogen and oxygen atoms in total. The molecule has 1 rings (SSSR count). The maximum Gasteiger partial charge on any atom is 0.326 e. The number of rotatable bonds is 17. The predicted molar refractivity (Wildman–Crippen MR) is 124 cm³/mol. The summed E-state index contributed by atoms with van der Waals surface area (Å²) in [7, 11) is 0. The highest BCUT2D eigenvalue weighted by Crippen LogP contribution is 2.06. The number of hydrogen-bond acceptors (Lipinski definition) is 9. The Labute approximate surface area is 210 Å². The summed E-state index contributed by atoms with van der Waals surface area (Å²) in [5, 5.41) is 16.3. The topological polar surface area (TPSA) is 309 Å². The molecule has 0 bridgehead atoms. The second-order valence-corrected chi connectivity index (χ2v) is 8.09. The van der Waals surface area contributed by atoms with E-state index in [9.17, 15) is 38.7 Å². The molecular weight excluding hydrogens is 494 g/mol. The van der Waals surface area contributed by atoms with E-state index in [4.69, 9.17) is 22.9 Å². The van der Waals surface area contributed by atoms with Crippen molar-refractivity contribution in [3.8, 4) is 0 Å². The highest BCUT2D eigenvalue weighted by molar-refractivity contribution is 5.95. The lowest BCUT2D eigenvalue weighted by Crippen LogP contribution is -2.58. The normalized spacial score (nSPS) is 13.9. The van der Waals surface area contributed by atoms with E-state index in [-0.39, 0.29) is 32.1 Å². The van der Waals surface area contributed by atoms with Crippen LogP contribution in [0.3, 0.4) is 0 Å². The molecule has 0 aromatic carbocycles. The number of nitrogens with one attached hydrogen (secondary N) is 4. The van der Waals surface area contributed by atoms with Crippen LogP contribution in [-0.4, -0.2) is 80.7 Å². The molecular formula is C20H31N9O8. The van der Waals surface area contributed by atoms with Crippen molar-refractivity contribution in [1.82, 2.24) is 25.9 Å². The Kier molecular flexibility index (Phi) is 12.2. The van der Waals surface area contributed by atoms with Crippen LogP contribution in [0.5, 0.6) is 0 Å². The number of carboxylic acid groups (broad SMARTS) is 1. The summed E-state index contributed by atoms with van der Waals surface area (Å²) in [6, 6.07) is -5.65. The van der Waals surface area contributed by atoms with Crippen molar-refractivity contribution in [1.29, 1.82) is 0 Å². The first-order valence-corrected chi connectivity index (χ1v) is 11.0. The van der Waals surface area contributed by atoms with Crippen LogP contribution in [0.4, 0.5) is 0 Å². The number of hydrogen-bond donors (Lipinski definition) is 9. The van der Waals surface area contributed by atoms with Crippen LogP contribution in [-0.2, 0) is 40.0 Å². The molecule has 13 N–H and O–H groups in total. The third-order valence-electron chi connectivity index (χ3n) is 4.98. The molecule has 0 saturated heterocycles. The summed E-state index contributed by atoms with van der Waals surface area (Å²) >= 11 is 0. The lowest BCUT2D eigenvalue weighted by molar-refractivity contribution is -0.142. The second kappa shape index (κ2) is 14.8. The highest BCUT2D eigenvalue weighted by Gasteiger charge is 2.31. The Morgan fingerprint density at radius 3 is 1.81 bits per heavy atom. The zero-order chi connectivity index (χ0) is 28.1. The molecule has 37 heavy (non-hydrogen) atoms. The first-order chi connectivity index (χ1) is 17.3. The molecule has 1 heterocycles. The van der Waals surface area contributed by atoms with Crippen molar-refractivity contribution in [2.75, 3.05) is 0 Å². The molecule has 0 fully saturated rings. The van der Waals surface area contributed by atoms with Crippen LogP contribution in [0.2, 0.25) is 0 Å². The van der Waals surface area contributed by atoms with Gasteiger partial charge in [0.2, 0.25) is 35.4 Å². The van der Waals surface area contributed by atoms with E-state index in [2.05, 4.69) is 25.9 Å². The molecule has 4 unspecified atom stereocenters. The van der Waals surface area contributed by atoms with Crippen molar-refractivity contribution in [3.05, 3.63) is 18.2 Å². The Morgan fingerprint density at radius 1 is 0.811 bits per heavy atom. The first kappa shape index (κ1) is 30.5. The van der Waals surface area contributed by atoms with Gasteiger partial charge in [-0.15, -0.1) is 0 Å². The number of carbonyl (C=O) groups is 7. The fraction of sp³-hybridized carbons (Fsp3) is 0.500. The van der Waals surface area contributed by atoms with E-state index >= 15 is 0 Å². The second-order valence-electron chi connectivity index (χ2n) is 8.09. The van der Waals surface area contributed by atoms with Crippen molar-refractivity contribution in [2.45, 2.75) is 62.7 Å². The third-order valence-corrected chi connectivity index (χ3v) is 4.98. The van der Waals surface area contributed by atoms with Gasteiger partial charge < -0.3 is 49.0 Å². The van der Waals surface area contributed by atoms with E-state index in [0.29, 0.717) is 5.69 Å². The van der Waals surface area contributed by atoms with Crippen LogP contribution < -0.4 is 38.9 Å². The number of aromatic amines is 1. The average Bonchev–Trinajstić information content (AvgIpc) is 3.30. The Hall–Kier alpha value is -4.54. The first-order valence-electron chi connectivity index (χ1n) is 11.0. The Morgan fingerprint density at radius 2 is 1.32 bits per heavy atom. The molecule has 1 aromatic heterocycles. The number of nitrogens with zero attached hydrogens (tertiary/aromatic N) is 1. The van der Waals surface area contributed by atoms with Crippen molar-refractivity contribution in [2.24, 2.45) is 22.9 Å². The van der Waals surface area contributed by atoms with Gasteiger partial charge in [0.05, 0.1) is 18.8 Å². The quantitative estimate of drug-likeness (QED) is 0.0934. The average molecular weight is 526 g/mol. The van der Waals surface area contributed by atoms with Crippen LogP contribution in [0.15, 0.2) is 12.5 Å². The maximum atomic E-state index is 13.0. The van der Waals surface area contributed by atoms with Crippen LogP contribution in [0.1, 0.15) is 37.8 Å². The van der Waals surface area contributed by atoms with Crippen LogP contribution in [0, 0.1) is 0 Å². The Bertz CT molecular complexity index is 998. The number of primary amides is 3. The fourth-order valence-corrected chi connectivity index (χ4v) is 3.06. The van der Waals surface area contributed by atoms with E-state index in [0.717, 1.165) is 0 Å². The SMILES string of the molecule is NC(=O)CCC(NC(=O)C(Cc1cnc[nH]1)NC(=O)C(CCC(N)=O)NC(=O)C(N)CC(N)=O)C(=O)O. The molecule has 1 aromatic rings. The van der Waals surface area contributed by atoms with Gasteiger partial charge >= 0.3 is 5.97 Å². The number of aliphatic carboxylic acids is 1. The summed E-state index contributed by atoms with van der Waals surface area (Å²) in [6.45, 7) is 0. The molecule has 0 saturated carbocycles. The summed E-state index contributed by atoms with van der Waals surface area (Å²) in [5.74, 6) is -6.62. The third kappa shape index (κ3) is 11.6. The summed E-state index contributed by atoms with van der Waals surface area (Å²) in [4.78, 5) is 89.7. The largest absolute Gasteiger partial charge is 0.480 e. The minimum atomic E-state index is -1.49. The van der Waals surface area contributed by atoms with Gasteiger partial charge in [-0.3, -0.25) is 28.8 Å². The number of amides is 6. The molecule has 204 valence electrons. The number of aromatic nitrogens is 2. The van der Waals surface area contributed by atoms with Gasteiger partial charge in [-0.05, 0) is 12.8 Å². The van der Waals surface area contributed by atoms with Crippen LogP contribution in [0.25, 0.3) is 0 Å². The zero-order valence-corrected chi connectivity index (χ0v) is 19.8. The van der Waals surface area contributed by atoms with E-state index in [1.807, 2.05) is 0 Å². The van der Waals surface area contributed by atoms with Gasteiger partial charge in [0.1, 0.15) is 18.1 Å². The Balaban J connectivity index is 3.09. The number of imidazole rings is 1. The molecule has 0 aliphatic heterocycles. The van der Waals surface area contributed by atoms with Gasteiger partial charge in [-0.1, -0.05) is 0 Å². The summed E-state index contributed by atoms with van der Waals surface area (Å²) < 4.78 is 0.